The van der Waals surface area contributed by atoms with Gasteiger partial charge in [0.25, 0.3) is 0 Å². The molecule has 1 amide bonds. The van der Waals surface area contributed by atoms with Gasteiger partial charge < -0.3 is 25.4 Å². The number of amides is 1. The van der Waals surface area contributed by atoms with Crippen LogP contribution in [0.1, 0.15) is 26.5 Å². The number of carbonyl (C=O) groups is 1. The van der Waals surface area contributed by atoms with E-state index in [0.717, 1.165) is 4.57 Å². The topological polar surface area (TPSA) is 134 Å². The third kappa shape index (κ3) is 3.94. The molecule has 0 aliphatic carbocycles. The lowest BCUT2D eigenvalue weighted by Gasteiger charge is -2.17. The normalized spacial score (nSPS) is 27.4. The molecule has 1 aromatic rings. The minimum Gasteiger partial charge on any atom is -0.394 e. The van der Waals surface area contributed by atoms with Gasteiger partial charge in [-0.1, -0.05) is 13.8 Å². The summed E-state index contributed by atoms with van der Waals surface area (Å²) in [4.78, 5) is 27.4. The monoisotopic (exact) mass is 327 g/mol. The van der Waals surface area contributed by atoms with Gasteiger partial charge in [0, 0.05) is 12.6 Å². The van der Waals surface area contributed by atoms with Crippen molar-refractivity contribution in [2.45, 2.75) is 44.8 Å². The molecule has 0 bridgehead atoms. The average molecular weight is 327 g/mol. The standard InChI is InChI=1S/C14H21N3O6/c1-7(2)5-10(19)15-9-3-4-17(14(22)16-9)13-12(21)11(20)8(6-18)23-13/h3-4,7-8,11-13,18,20-21H,5-6H2,1-2H3,(H,15,16,19,22)/t8-,11-,12+,13-/m1/s1. The van der Waals surface area contributed by atoms with Crippen LogP contribution in [0.25, 0.3) is 0 Å². The van der Waals surface area contributed by atoms with Gasteiger partial charge in [-0.2, -0.15) is 4.98 Å². The summed E-state index contributed by atoms with van der Waals surface area (Å²) < 4.78 is 6.26. The molecule has 2 heterocycles. The minimum absolute atomic E-state index is 0.101. The van der Waals surface area contributed by atoms with Crippen molar-refractivity contribution in [3.63, 3.8) is 0 Å². The number of anilines is 1. The summed E-state index contributed by atoms with van der Waals surface area (Å²) in [5.41, 5.74) is -0.748. The van der Waals surface area contributed by atoms with Gasteiger partial charge in [-0.3, -0.25) is 9.36 Å². The zero-order valence-corrected chi connectivity index (χ0v) is 12.9. The molecule has 0 saturated carbocycles. The van der Waals surface area contributed by atoms with E-state index in [1.807, 2.05) is 13.8 Å². The van der Waals surface area contributed by atoms with Gasteiger partial charge >= 0.3 is 5.69 Å². The Hall–Kier alpha value is -1.81. The first-order chi connectivity index (χ1) is 10.8. The number of hydrogen-bond donors (Lipinski definition) is 4. The van der Waals surface area contributed by atoms with Crippen LogP contribution in [0.2, 0.25) is 0 Å². The number of hydrogen-bond acceptors (Lipinski definition) is 7. The Kier molecular flexibility index (Phi) is 5.47. The minimum atomic E-state index is -1.37. The molecule has 0 aromatic carbocycles. The molecule has 23 heavy (non-hydrogen) atoms. The Bertz CT molecular complexity index is 617. The highest BCUT2D eigenvalue weighted by Gasteiger charge is 2.43. The van der Waals surface area contributed by atoms with E-state index in [0.29, 0.717) is 6.42 Å². The predicted octanol–water partition coefficient (Wildman–Crippen LogP) is -1.16. The highest BCUT2D eigenvalue weighted by atomic mass is 16.6. The van der Waals surface area contributed by atoms with E-state index in [-0.39, 0.29) is 17.6 Å². The number of nitrogens with zero attached hydrogens (tertiary/aromatic N) is 2. The number of aliphatic hydroxyl groups excluding tert-OH is 3. The Morgan fingerprint density at radius 1 is 1.43 bits per heavy atom. The summed E-state index contributed by atoms with van der Waals surface area (Å²) >= 11 is 0. The van der Waals surface area contributed by atoms with Crippen LogP contribution in [0.4, 0.5) is 5.82 Å². The molecule has 1 aromatic heterocycles. The molecule has 9 heteroatoms. The zero-order valence-electron chi connectivity index (χ0n) is 12.9. The van der Waals surface area contributed by atoms with Crippen molar-refractivity contribution in [3.05, 3.63) is 22.7 Å². The average Bonchev–Trinajstić information content (AvgIpc) is 2.74. The molecule has 0 unspecified atom stereocenters. The molecule has 0 spiro atoms. The molecule has 2 rings (SSSR count). The molecule has 1 aliphatic rings. The predicted molar refractivity (Wildman–Crippen MR) is 79.6 cm³/mol. The molecular formula is C14H21N3O6. The number of aliphatic hydroxyl groups is 3. The maximum Gasteiger partial charge on any atom is 0.351 e. The third-order valence-corrected chi connectivity index (χ3v) is 3.48. The molecule has 4 atom stereocenters. The molecule has 4 N–H and O–H groups in total. The van der Waals surface area contributed by atoms with Crippen LogP contribution in [0.3, 0.4) is 0 Å². The van der Waals surface area contributed by atoms with Crippen molar-refractivity contribution in [3.8, 4) is 0 Å². The second-order valence-electron chi connectivity index (χ2n) is 5.88. The summed E-state index contributed by atoms with van der Waals surface area (Å²) in [6, 6.07) is 1.40. The molecule has 1 fully saturated rings. The lowest BCUT2D eigenvalue weighted by molar-refractivity contribution is -0.116. The van der Waals surface area contributed by atoms with Crippen LogP contribution < -0.4 is 11.0 Å². The third-order valence-electron chi connectivity index (χ3n) is 3.48. The zero-order chi connectivity index (χ0) is 17.1. The molecule has 1 aliphatic heterocycles. The number of nitrogens with one attached hydrogen (secondary N) is 1. The lowest BCUT2D eigenvalue weighted by Crippen LogP contribution is -2.36. The number of carbonyl (C=O) groups excluding carboxylic acids is 1. The van der Waals surface area contributed by atoms with Gasteiger partial charge in [0.1, 0.15) is 24.1 Å². The van der Waals surface area contributed by atoms with E-state index in [9.17, 15) is 19.8 Å². The molecule has 1 saturated heterocycles. The maximum atomic E-state index is 12.0. The van der Waals surface area contributed by atoms with Crippen molar-refractivity contribution < 1.29 is 24.9 Å². The van der Waals surface area contributed by atoms with Crippen LogP contribution in [0, 0.1) is 5.92 Å². The maximum absolute atomic E-state index is 12.0. The van der Waals surface area contributed by atoms with Gasteiger partial charge in [-0.25, -0.2) is 4.79 Å². The van der Waals surface area contributed by atoms with Crippen LogP contribution in [-0.4, -0.2) is 55.7 Å². The SMILES string of the molecule is CC(C)CC(=O)Nc1ccn([C@@H]2O[C@H](CO)[C@@H](O)[C@@H]2O)c(=O)n1. The van der Waals surface area contributed by atoms with Gasteiger partial charge in [-0.15, -0.1) is 0 Å². The van der Waals surface area contributed by atoms with Gasteiger partial charge in [0.2, 0.25) is 5.91 Å². The summed E-state index contributed by atoms with van der Waals surface area (Å²) in [6.07, 6.45) is -3.19. The first kappa shape index (κ1) is 17.5. The molecule has 128 valence electrons. The number of rotatable bonds is 5. The summed E-state index contributed by atoms with van der Waals surface area (Å²) in [7, 11) is 0. The quantitative estimate of drug-likeness (QED) is 0.536. The van der Waals surface area contributed by atoms with E-state index in [2.05, 4.69) is 10.3 Å². The van der Waals surface area contributed by atoms with Crippen LogP contribution in [0.5, 0.6) is 0 Å². The van der Waals surface area contributed by atoms with Gasteiger partial charge in [0.05, 0.1) is 6.61 Å². The fraction of sp³-hybridized carbons (Fsp3) is 0.643. The summed E-state index contributed by atoms with van der Waals surface area (Å²) in [6.45, 7) is 3.31. The van der Waals surface area contributed by atoms with Crippen molar-refractivity contribution >= 4 is 11.7 Å². The van der Waals surface area contributed by atoms with Crippen molar-refractivity contribution in [2.75, 3.05) is 11.9 Å². The molecule has 9 nitrogen and oxygen atoms in total. The lowest BCUT2D eigenvalue weighted by atomic mass is 10.1. The fourth-order valence-electron chi connectivity index (χ4n) is 2.35. The van der Waals surface area contributed by atoms with Crippen LogP contribution in [-0.2, 0) is 9.53 Å². The second-order valence-corrected chi connectivity index (χ2v) is 5.88. The number of ether oxygens (including phenoxy) is 1. The highest BCUT2D eigenvalue weighted by molar-refractivity contribution is 5.89. The number of aromatic nitrogens is 2. The summed E-state index contributed by atoms with van der Waals surface area (Å²) in [5, 5.41) is 31.2. The first-order valence-electron chi connectivity index (χ1n) is 7.35. The van der Waals surface area contributed by atoms with Gasteiger partial charge in [0.15, 0.2) is 6.23 Å². The summed E-state index contributed by atoms with van der Waals surface area (Å²) in [5.74, 6) is 0.0236. The Morgan fingerprint density at radius 2 is 2.13 bits per heavy atom. The van der Waals surface area contributed by atoms with E-state index in [1.54, 1.807) is 0 Å². The van der Waals surface area contributed by atoms with Crippen LogP contribution >= 0.6 is 0 Å². The largest absolute Gasteiger partial charge is 0.394 e. The van der Waals surface area contributed by atoms with E-state index in [1.165, 1.54) is 12.3 Å². The van der Waals surface area contributed by atoms with Crippen molar-refractivity contribution in [2.24, 2.45) is 5.92 Å². The molecular weight excluding hydrogens is 306 g/mol. The van der Waals surface area contributed by atoms with E-state index >= 15 is 0 Å². The fourth-order valence-corrected chi connectivity index (χ4v) is 2.35. The highest BCUT2D eigenvalue weighted by Crippen LogP contribution is 2.28. The van der Waals surface area contributed by atoms with Crippen LogP contribution in [0.15, 0.2) is 17.1 Å². The Labute approximate surface area is 132 Å². The smallest absolute Gasteiger partial charge is 0.351 e. The Morgan fingerprint density at radius 3 is 2.65 bits per heavy atom. The second kappa shape index (κ2) is 7.18. The van der Waals surface area contributed by atoms with Gasteiger partial charge in [-0.05, 0) is 12.0 Å². The van der Waals surface area contributed by atoms with E-state index < -0.39 is 36.8 Å². The Balaban J connectivity index is 2.14. The first-order valence-corrected chi connectivity index (χ1v) is 7.35. The van der Waals surface area contributed by atoms with E-state index in [4.69, 9.17) is 9.84 Å². The van der Waals surface area contributed by atoms with Crippen molar-refractivity contribution in [1.82, 2.24) is 9.55 Å². The van der Waals surface area contributed by atoms with Crippen molar-refractivity contribution in [1.29, 1.82) is 0 Å². The molecule has 0 radical (unpaired) electrons.